The Morgan fingerprint density at radius 2 is 0.541 bits per heavy atom. The number of carbonyl (C=O) groups excluding carboxylic acids is 4. The second kappa shape index (κ2) is 58.4. The summed E-state index contributed by atoms with van der Waals surface area (Å²) < 4.78 is 68.0. The number of esters is 4. The maximum absolute atomic E-state index is 13.0. The van der Waals surface area contributed by atoms with E-state index >= 15 is 0 Å². The number of rotatable bonds is 65. The molecule has 0 fully saturated rings. The van der Waals surface area contributed by atoms with Crippen LogP contribution in [0.15, 0.2) is 0 Å². The van der Waals surface area contributed by atoms with Gasteiger partial charge < -0.3 is 33.8 Å². The van der Waals surface area contributed by atoms with Crippen LogP contribution >= 0.6 is 15.6 Å². The summed E-state index contributed by atoms with van der Waals surface area (Å²) in [4.78, 5) is 72.2. The van der Waals surface area contributed by atoms with Crippen LogP contribution in [0.4, 0.5) is 0 Å². The van der Waals surface area contributed by atoms with Crippen molar-refractivity contribution >= 4 is 39.5 Å². The quantitative estimate of drug-likeness (QED) is 0.0222. The van der Waals surface area contributed by atoms with Crippen LogP contribution in [-0.4, -0.2) is 96.7 Å². The highest BCUT2D eigenvalue weighted by Gasteiger charge is 2.30. The van der Waals surface area contributed by atoms with Gasteiger partial charge in [-0.05, 0) is 37.5 Å². The van der Waals surface area contributed by atoms with Crippen molar-refractivity contribution in [1.82, 2.24) is 0 Å². The van der Waals surface area contributed by atoms with Crippen LogP contribution in [0.5, 0.6) is 0 Å². The lowest BCUT2D eigenvalue weighted by molar-refractivity contribution is -0.161. The molecule has 0 aromatic heterocycles. The first-order valence-electron chi connectivity index (χ1n) is 34.5. The Bertz CT molecular complexity index is 1670. The smallest absolute Gasteiger partial charge is 0.462 e. The van der Waals surface area contributed by atoms with E-state index in [1.54, 1.807) is 0 Å². The SMILES string of the molecule is CCCCCCCCCCCCC(=O)O[C@H](COC(=O)CCCCCCCCC)COP(=O)(O)OC[C@H](O)COP(=O)(O)OC[C@@H](COC(=O)CCCCCCCCCCCCCC(C)C)OC(=O)CCCCCCCCCCCCCC(C)C. The first kappa shape index (κ1) is 83.1. The first-order chi connectivity index (χ1) is 40.9. The molecule has 0 aliphatic rings. The Hall–Kier alpha value is -1.94. The zero-order valence-electron chi connectivity index (χ0n) is 54.9. The van der Waals surface area contributed by atoms with Crippen molar-refractivity contribution in [2.24, 2.45) is 11.8 Å². The molecule has 0 saturated carbocycles. The van der Waals surface area contributed by atoms with Gasteiger partial charge in [0, 0.05) is 25.7 Å². The number of hydrogen-bond acceptors (Lipinski definition) is 15. The van der Waals surface area contributed by atoms with Crippen LogP contribution < -0.4 is 0 Å². The standard InChI is InChI=1S/C66H128O17P2/c1-7-9-11-13-15-16-25-32-38-44-50-65(70)82-61(54-76-63(68)48-42-36-28-14-12-10-8-2)56-80-84(72,73)78-52-60(67)53-79-85(74,75)81-57-62(83-66(71)51-45-39-33-27-22-18-20-24-30-35-41-47-59(5)6)55-77-64(69)49-43-37-31-26-21-17-19-23-29-34-40-46-58(3)4/h58-62,67H,7-57H2,1-6H3,(H,72,73)(H,74,75)/t60-,61+,62+/m0/s1. The van der Waals surface area contributed by atoms with Crippen molar-refractivity contribution in [3.05, 3.63) is 0 Å². The zero-order chi connectivity index (χ0) is 62.9. The van der Waals surface area contributed by atoms with Crippen molar-refractivity contribution in [3.8, 4) is 0 Å². The molecule has 85 heavy (non-hydrogen) atoms. The third-order valence-electron chi connectivity index (χ3n) is 15.2. The summed E-state index contributed by atoms with van der Waals surface area (Å²) in [6.07, 6.45) is 41.7. The van der Waals surface area contributed by atoms with Gasteiger partial charge in [-0.25, -0.2) is 9.13 Å². The van der Waals surface area contributed by atoms with Crippen LogP contribution in [0.1, 0.15) is 330 Å². The van der Waals surface area contributed by atoms with Crippen LogP contribution in [0.3, 0.4) is 0 Å². The molecular weight excluding hydrogens is 1130 g/mol. The lowest BCUT2D eigenvalue weighted by Gasteiger charge is -2.21. The van der Waals surface area contributed by atoms with Crippen molar-refractivity contribution in [2.75, 3.05) is 39.6 Å². The average Bonchev–Trinajstić information content (AvgIpc) is 3.54. The van der Waals surface area contributed by atoms with E-state index in [2.05, 4.69) is 41.5 Å². The van der Waals surface area contributed by atoms with Gasteiger partial charge in [0.05, 0.1) is 26.4 Å². The van der Waals surface area contributed by atoms with Crippen molar-refractivity contribution in [3.63, 3.8) is 0 Å². The Balaban J connectivity index is 5.21. The number of phosphoric ester groups is 2. The highest BCUT2D eigenvalue weighted by atomic mass is 31.2. The van der Waals surface area contributed by atoms with E-state index in [0.29, 0.717) is 25.7 Å². The molecule has 0 aromatic rings. The van der Waals surface area contributed by atoms with E-state index < -0.39 is 97.5 Å². The van der Waals surface area contributed by atoms with E-state index in [9.17, 15) is 43.2 Å². The maximum atomic E-state index is 13.0. The molecular formula is C66H128O17P2. The predicted octanol–water partition coefficient (Wildman–Crippen LogP) is 18.4. The van der Waals surface area contributed by atoms with Gasteiger partial charge in [0.1, 0.15) is 19.3 Å². The Labute approximate surface area is 517 Å². The average molecular weight is 1260 g/mol. The number of aliphatic hydroxyl groups excluding tert-OH is 1. The summed E-state index contributed by atoms with van der Waals surface area (Å²) in [5, 5.41) is 10.5. The minimum absolute atomic E-state index is 0.106. The fourth-order valence-electron chi connectivity index (χ4n) is 9.88. The molecule has 0 aliphatic heterocycles. The first-order valence-corrected chi connectivity index (χ1v) is 37.5. The van der Waals surface area contributed by atoms with Crippen molar-refractivity contribution < 1.29 is 80.2 Å². The van der Waals surface area contributed by atoms with Crippen LogP contribution in [-0.2, 0) is 65.4 Å². The largest absolute Gasteiger partial charge is 0.472 e. The monoisotopic (exact) mass is 1250 g/mol. The molecule has 0 aromatic carbocycles. The zero-order valence-corrected chi connectivity index (χ0v) is 56.7. The summed E-state index contributed by atoms with van der Waals surface area (Å²) in [7, 11) is -9.89. The molecule has 2 unspecified atom stereocenters. The summed E-state index contributed by atoms with van der Waals surface area (Å²) in [5.41, 5.74) is 0. The highest BCUT2D eigenvalue weighted by Crippen LogP contribution is 2.45. The second-order valence-electron chi connectivity index (χ2n) is 24.8. The van der Waals surface area contributed by atoms with Gasteiger partial charge in [-0.3, -0.25) is 37.3 Å². The number of unbranched alkanes of at least 4 members (excludes halogenated alkanes) is 35. The molecule has 0 rings (SSSR count). The lowest BCUT2D eigenvalue weighted by atomic mass is 10.0. The molecule has 0 aliphatic carbocycles. The van der Waals surface area contributed by atoms with Gasteiger partial charge in [0.2, 0.25) is 0 Å². The molecule has 17 nitrogen and oxygen atoms in total. The summed E-state index contributed by atoms with van der Waals surface area (Å²) in [5.74, 6) is -0.598. The van der Waals surface area contributed by atoms with Crippen LogP contribution in [0.2, 0.25) is 0 Å². The predicted molar refractivity (Wildman–Crippen MR) is 340 cm³/mol. The topological polar surface area (TPSA) is 237 Å². The van der Waals surface area contributed by atoms with Crippen molar-refractivity contribution in [2.45, 2.75) is 349 Å². The van der Waals surface area contributed by atoms with Crippen molar-refractivity contribution in [1.29, 1.82) is 0 Å². The number of carbonyl (C=O) groups is 4. The van der Waals surface area contributed by atoms with Gasteiger partial charge in [0.15, 0.2) is 12.2 Å². The second-order valence-corrected chi connectivity index (χ2v) is 27.7. The maximum Gasteiger partial charge on any atom is 0.472 e. The van der Waals surface area contributed by atoms with E-state index in [1.807, 2.05) is 0 Å². The van der Waals surface area contributed by atoms with Gasteiger partial charge in [0.25, 0.3) is 0 Å². The molecule has 504 valence electrons. The van der Waals surface area contributed by atoms with Gasteiger partial charge in [-0.2, -0.15) is 0 Å². The number of hydrogen-bond donors (Lipinski definition) is 3. The van der Waals surface area contributed by atoms with Crippen LogP contribution in [0, 0.1) is 11.8 Å². The molecule has 0 saturated heterocycles. The number of ether oxygens (including phenoxy) is 4. The lowest BCUT2D eigenvalue weighted by Crippen LogP contribution is -2.30. The number of phosphoric acid groups is 2. The summed E-state index contributed by atoms with van der Waals surface area (Å²) in [6, 6.07) is 0. The Morgan fingerprint density at radius 3 is 0.800 bits per heavy atom. The van der Waals surface area contributed by atoms with E-state index in [4.69, 9.17) is 37.0 Å². The van der Waals surface area contributed by atoms with E-state index in [-0.39, 0.29) is 25.7 Å². The third kappa shape index (κ3) is 60.7. The minimum Gasteiger partial charge on any atom is -0.462 e. The molecule has 0 spiro atoms. The molecule has 5 atom stereocenters. The molecule has 19 heteroatoms. The molecule has 3 N–H and O–H groups in total. The molecule has 0 amide bonds. The number of aliphatic hydroxyl groups is 1. The summed E-state index contributed by atoms with van der Waals surface area (Å²) >= 11 is 0. The normalized spacial score (nSPS) is 14.2. The minimum atomic E-state index is -4.95. The summed E-state index contributed by atoms with van der Waals surface area (Å²) in [6.45, 7) is 9.47. The molecule has 0 radical (unpaired) electrons. The fourth-order valence-corrected chi connectivity index (χ4v) is 11.5. The Kier molecular flexibility index (Phi) is 57.1. The fraction of sp³-hybridized carbons (Fsp3) is 0.939. The highest BCUT2D eigenvalue weighted by molar-refractivity contribution is 7.47. The van der Waals surface area contributed by atoms with Gasteiger partial charge in [-0.15, -0.1) is 0 Å². The van der Waals surface area contributed by atoms with Gasteiger partial charge in [-0.1, -0.05) is 279 Å². The third-order valence-corrected chi connectivity index (χ3v) is 17.1. The van der Waals surface area contributed by atoms with E-state index in [0.717, 1.165) is 115 Å². The molecule has 0 bridgehead atoms. The van der Waals surface area contributed by atoms with Crippen LogP contribution in [0.25, 0.3) is 0 Å². The van der Waals surface area contributed by atoms with E-state index in [1.165, 1.54) is 135 Å². The van der Waals surface area contributed by atoms with Gasteiger partial charge >= 0.3 is 39.5 Å². The molecule has 0 heterocycles. The Morgan fingerprint density at radius 1 is 0.318 bits per heavy atom.